The summed E-state index contributed by atoms with van der Waals surface area (Å²) in [6.45, 7) is 2.01. The molecule has 7 heteroatoms. The van der Waals surface area contributed by atoms with Crippen molar-refractivity contribution in [2.45, 2.75) is 62.7 Å². The van der Waals surface area contributed by atoms with Crippen molar-refractivity contribution in [2.75, 3.05) is 6.26 Å². The zero-order chi connectivity index (χ0) is 18.6. The molecule has 138 valence electrons. The van der Waals surface area contributed by atoms with Gasteiger partial charge in [-0.2, -0.15) is 4.99 Å². The number of aliphatic imine (C=N–C) groups is 1. The first-order valence-corrected chi connectivity index (χ1v) is 10.6. The van der Waals surface area contributed by atoms with Crippen molar-refractivity contribution in [3.05, 3.63) is 28.8 Å². The van der Waals surface area contributed by atoms with Gasteiger partial charge >= 0.3 is 0 Å². The lowest BCUT2D eigenvalue weighted by molar-refractivity contribution is 0.100. The SMILES string of the molecule is CCCc1cc(C2CCCCC2)c(S(C)(=O)=O)cc1C(=O)N=C(N)N. The van der Waals surface area contributed by atoms with Crippen molar-refractivity contribution in [2.24, 2.45) is 16.5 Å². The van der Waals surface area contributed by atoms with E-state index in [9.17, 15) is 13.2 Å². The van der Waals surface area contributed by atoms with E-state index < -0.39 is 15.7 Å². The summed E-state index contributed by atoms with van der Waals surface area (Å²) in [5, 5.41) is 0. The normalized spacial score (nSPS) is 15.8. The Labute approximate surface area is 149 Å². The van der Waals surface area contributed by atoms with Crippen molar-refractivity contribution in [1.82, 2.24) is 0 Å². The lowest BCUT2D eigenvalue weighted by Crippen LogP contribution is -2.24. The van der Waals surface area contributed by atoms with Gasteiger partial charge in [-0.25, -0.2) is 8.42 Å². The quantitative estimate of drug-likeness (QED) is 0.614. The topological polar surface area (TPSA) is 116 Å². The molecule has 0 atom stereocenters. The van der Waals surface area contributed by atoms with Gasteiger partial charge in [0.05, 0.1) is 4.90 Å². The lowest BCUT2D eigenvalue weighted by Gasteiger charge is -2.25. The van der Waals surface area contributed by atoms with Crippen LogP contribution in [0.3, 0.4) is 0 Å². The number of hydrogen-bond donors (Lipinski definition) is 2. The van der Waals surface area contributed by atoms with Crippen LogP contribution in [0.15, 0.2) is 22.0 Å². The maximum atomic E-state index is 12.4. The van der Waals surface area contributed by atoms with E-state index in [0.717, 1.165) is 43.2 Å². The molecule has 1 saturated carbocycles. The Morgan fingerprint density at radius 3 is 2.36 bits per heavy atom. The predicted molar refractivity (Wildman–Crippen MR) is 99.5 cm³/mol. The Morgan fingerprint density at radius 2 is 1.84 bits per heavy atom. The van der Waals surface area contributed by atoms with Gasteiger partial charge in [-0.1, -0.05) is 38.7 Å². The highest BCUT2D eigenvalue weighted by atomic mass is 32.2. The Morgan fingerprint density at radius 1 is 1.20 bits per heavy atom. The van der Waals surface area contributed by atoms with E-state index in [-0.39, 0.29) is 22.3 Å². The third kappa shape index (κ3) is 4.81. The average Bonchev–Trinajstić information content (AvgIpc) is 2.54. The minimum absolute atomic E-state index is 0.223. The van der Waals surface area contributed by atoms with E-state index >= 15 is 0 Å². The number of amides is 1. The molecule has 0 aromatic heterocycles. The molecule has 6 nitrogen and oxygen atoms in total. The predicted octanol–water partition coefficient (Wildman–Crippen LogP) is 2.50. The maximum absolute atomic E-state index is 12.4. The van der Waals surface area contributed by atoms with Crippen LogP contribution in [0.2, 0.25) is 0 Å². The van der Waals surface area contributed by atoms with Gasteiger partial charge in [0, 0.05) is 11.8 Å². The fourth-order valence-electron chi connectivity index (χ4n) is 3.55. The number of rotatable bonds is 5. The Kier molecular flexibility index (Phi) is 6.21. The van der Waals surface area contributed by atoms with Gasteiger partial charge in [-0.3, -0.25) is 4.79 Å². The minimum atomic E-state index is -3.46. The number of benzene rings is 1. The van der Waals surface area contributed by atoms with Gasteiger partial charge < -0.3 is 11.5 Å². The van der Waals surface area contributed by atoms with E-state index in [4.69, 9.17) is 11.5 Å². The summed E-state index contributed by atoms with van der Waals surface area (Å²) in [4.78, 5) is 16.2. The first-order valence-electron chi connectivity index (χ1n) is 8.74. The molecule has 4 N–H and O–H groups in total. The van der Waals surface area contributed by atoms with E-state index in [1.807, 2.05) is 13.0 Å². The molecule has 0 spiro atoms. The molecule has 2 rings (SSSR count). The van der Waals surface area contributed by atoms with Gasteiger partial charge in [0.25, 0.3) is 5.91 Å². The molecule has 1 fully saturated rings. The molecule has 1 amide bonds. The van der Waals surface area contributed by atoms with Gasteiger partial charge in [0.15, 0.2) is 15.8 Å². The van der Waals surface area contributed by atoms with Gasteiger partial charge in [-0.05, 0) is 42.4 Å². The second kappa shape index (κ2) is 7.99. The second-order valence-electron chi connectivity index (χ2n) is 6.75. The van der Waals surface area contributed by atoms with Crippen LogP contribution in [-0.4, -0.2) is 26.5 Å². The van der Waals surface area contributed by atoms with Gasteiger partial charge in [0.2, 0.25) is 0 Å². The first-order chi connectivity index (χ1) is 11.7. The minimum Gasteiger partial charge on any atom is -0.370 e. The largest absolute Gasteiger partial charge is 0.370 e. The summed E-state index contributed by atoms with van der Waals surface area (Å²) in [6, 6.07) is 3.37. The standard InChI is InChI=1S/C18H27N3O3S/c1-3-7-13-10-14(12-8-5-4-6-9-12)16(25(2,23)24)11-15(13)17(22)21-18(19)20/h10-12H,3-9H2,1-2H3,(H4,19,20,21,22). The lowest BCUT2D eigenvalue weighted by atomic mass is 9.82. The number of carbonyl (C=O) groups excluding carboxylic acids is 1. The monoisotopic (exact) mass is 365 g/mol. The highest BCUT2D eigenvalue weighted by Gasteiger charge is 2.26. The average molecular weight is 365 g/mol. The van der Waals surface area contributed by atoms with Crippen LogP contribution in [-0.2, 0) is 16.3 Å². The Bertz CT molecular complexity index is 775. The molecular weight excluding hydrogens is 338 g/mol. The van der Waals surface area contributed by atoms with Crippen molar-refractivity contribution < 1.29 is 13.2 Å². The first kappa shape index (κ1) is 19.4. The van der Waals surface area contributed by atoms with Crippen LogP contribution in [0.4, 0.5) is 0 Å². The van der Waals surface area contributed by atoms with Crippen LogP contribution >= 0.6 is 0 Å². The molecule has 0 saturated heterocycles. The van der Waals surface area contributed by atoms with E-state index in [1.54, 1.807) is 0 Å². The molecule has 0 aliphatic heterocycles. The van der Waals surface area contributed by atoms with Crippen molar-refractivity contribution in [1.29, 1.82) is 0 Å². The molecule has 1 aliphatic carbocycles. The summed E-state index contributed by atoms with van der Waals surface area (Å²) in [5.41, 5.74) is 12.6. The summed E-state index contributed by atoms with van der Waals surface area (Å²) in [7, 11) is -3.46. The van der Waals surface area contributed by atoms with Crippen LogP contribution in [0, 0.1) is 0 Å². The third-order valence-corrected chi connectivity index (χ3v) is 5.81. The summed E-state index contributed by atoms with van der Waals surface area (Å²) in [6.07, 6.45) is 8.05. The van der Waals surface area contributed by atoms with E-state index in [2.05, 4.69) is 4.99 Å². The van der Waals surface area contributed by atoms with E-state index in [1.165, 1.54) is 18.7 Å². The number of sulfone groups is 1. The number of nitrogens with two attached hydrogens (primary N) is 2. The number of hydrogen-bond acceptors (Lipinski definition) is 3. The van der Waals surface area contributed by atoms with Crippen LogP contribution in [0.5, 0.6) is 0 Å². The number of nitrogens with zero attached hydrogens (tertiary/aromatic N) is 1. The highest BCUT2D eigenvalue weighted by Crippen LogP contribution is 2.37. The number of guanidine groups is 1. The molecule has 0 radical (unpaired) electrons. The van der Waals surface area contributed by atoms with Gasteiger partial charge in [-0.15, -0.1) is 0 Å². The van der Waals surface area contributed by atoms with Crippen LogP contribution in [0.25, 0.3) is 0 Å². The van der Waals surface area contributed by atoms with E-state index in [0.29, 0.717) is 6.42 Å². The zero-order valence-corrected chi connectivity index (χ0v) is 15.7. The summed E-state index contributed by atoms with van der Waals surface area (Å²) < 4.78 is 24.7. The zero-order valence-electron chi connectivity index (χ0n) is 14.9. The summed E-state index contributed by atoms with van der Waals surface area (Å²) in [5.74, 6) is -0.699. The van der Waals surface area contributed by atoms with Crippen molar-refractivity contribution >= 4 is 21.7 Å². The smallest absolute Gasteiger partial charge is 0.280 e. The molecule has 25 heavy (non-hydrogen) atoms. The molecule has 0 unspecified atom stereocenters. The fraction of sp³-hybridized carbons (Fsp3) is 0.556. The molecular formula is C18H27N3O3S. The molecule has 1 aromatic rings. The van der Waals surface area contributed by atoms with Gasteiger partial charge in [0.1, 0.15) is 0 Å². The Balaban J connectivity index is 2.65. The summed E-state index contributed by atoms with van der Waals surface area (Å²) >= 11 is 0. The Hall–Kier alpha value is -1.89. The number of carbonyl (C=O) groups is 1. The van der Waals surface area contributed by atoms with Crippen molar-refractivity contribution in [3.8, 4) is 0 Å². The highest BCUT2D eigenvalue weighted by molar-refractivity contribution is 7.90. The molecule has 0 bridgehead atoms. The fourth-order valence-corrected chi connectivity index (χ4v) is 4.54. The maximum Gasteiger partial charge on any atom is 0.280 e. The van der Waals surface area contributed by atoms with Crippen LogP contribution in [0.1, 0.15) is 72.9 Å². The molecule has 1 aromatic carbocycles. The number of aryl methyl sites for hydroxylation is 1. The third-order valence-electron chi connectivity index (χ3n) is 4.66. The van der Waals surface area contributed by atoms with Crippen molar-refractivity contribution in [3.63, 3.8) is 0 Å². The van der Waals surface area contributed by atoms with Crippen LogP contribution < -0.4 is 11.5 Å². The second-order valence-corrected chi connectivity index (χ2v) is 8.73. The molecule has 0 heterocycles. The molecule has 1 aliphatic rings.